The fourth-order valence-corrected chi connectivity index (χ4v) is 1.91. The monoisotopic (exact) mass is 188 g/mol. The predicted molar refractivity (Wildman–Crippen MR) is 58.1 cm³/mol. The lowest BCUT2D eigenvalue weighted by atomic mass is 10.2. The van der Waals surface area contributed by atoms with Gasteiger partial charge in [0, 0.05) is 12.7 Å². The van der Waals surface area contributed by atoms with Gasteiger partial charge in [-0.25, -0.2) is 0 Å². The van der Waals surface area contributed by atoms with E-state index >= 15 is 0 Å². The van der Waals surface area contributed by atoms with E-state index in [0.29, 0.717) is 6.04 Å². The fourth-order valence-electron chi connectivity index (χ4n) is 1.91. The zero-order valence-corrected chi connectivity index (χ0v) is 8.59. The summed E-state index contributed by atoms with van der Waals surface area (Å²) in [6.45, 7) is 6.82. The van der Waals surface area contributed by atoms with Gasteiger partial charge in [0.05, 0.1) is 11.7 Å². The Morgan fingerprint density at radius 1 is 1.71 bits per heavy atom. The van der Waals surface area contributed by atoms with Crippen LogP contribution in [0, 0.1) is 0 Å². The van der Waals surface area contributed by atoms with Crippen molar-refractivity contribution in [1.82, 2.24) is 10.3 Å². The van der Waals surface area contributed by atoms with Gasteiger partial charge in [-0.1, -0.05) is 18.2 Å². The summed E-state index contributed by atoms with van der Waals surface area (Å²) >= 11 is 0. The fraction of sp³-hybridized carbons (Fsp3) is 0.417. The second-order valence-corrected chi connectivity index (χ2v) is 3.98. The van der Waals surface area contributed by atoms with Gasteiger partial charge in [0.15, 0.2) is 0 Å². The Balaban J connectivity index is 2.07. The first-order valence-electron chi connectivity index (χ1n) is 5.09. The van der Waals surface area contributed by atoms with Crippen molar-refractivity contribution in [3.8, 4) is 0 Å². The molecule has 1 aromatic heterocycles. The summed E-state index contributed by atoms with van der Waals surface area (Å²) < 4.78 is 0. The predicted octanol–water partition coefficient (Wildman–Crippen LogP) is 2.23. The van der Waals surface area contributed by atoms with Crippen molar-refractivity contribution >= 4 is 0 Å². The van der Waals surface area contributed by atoms with Crippen LogP contribution in [0.2, 0.25) is 0 Å². The van der Waals surface area contributed by atoms with E-state index in [0.717, 1.165) is 13.0 Å². The van der Waals surface area contributed by atoms with Crippen molar-refractivity contribution in [2.24, 2.45) is 0 Å². The number of nitrogens with one attached hydrogen (secondary N) is 1. The molecule has 0 aromatic carbocycles. The third-order valence-electron chi connectivity index (χ3n) is 2.61. The van der Waals surface area contributed by atoms with E-state index in [1.54, 1.807) is 0 Å². The second-order valence-electron chi connectivity index (χ2n) is 3.98. The zero-order valence-electron chi connectivity index (χ0n) is 8.59. The quantitative estimate of drug-likeness (QED) is 0.736. The number of aromatic nitrogens is 1. The topological polar surface area (TPSA) is 24.9 Å². The van der Waals surface area contributed by atoms with E-state index in [-0.39, 0.29) is 0 Å². The molecule has 1 heterocycles. The molecule has 0 saturated heterocycles. The van der Waals surface area contributed by atoms with Crippen LogP contribution in [-0.4, -0.2) is 11.5 Å². The lowest BCUT2D eigenvalue weighted by Crippen LogP contribution is -2.21. The van der Waals surface area contributed by atoms with Crippen LogP contribution in [0.25, 0.3) is 0 Å². The van der Waals surface area contributed by atoms with Crippen molar-refractivity contribution in [3.63, 3.8) is 0 Å². The third kappa shape index (κ3) is 1.85. The highest BCUT2D eigenvalue weighted by atomic mass is 14.9. The van der Waals surface area contributed by atoms with Crippen LogP contribution in [-0.2, 0) is 6.42 Å². The molecule has 0 fully saturated rings. The van der Waals surface area contributed by atoms with Crippen LogP contribution in [0.3, 0.4) is 0 Å². The van der Waals surface area contributed by atoms with Gasteiger partial charge in [-0.05, 0) is 31.4 Å². The average molecular weight is 188 g/mol. The maximum absolute atomic E-state index is 4.43. The molecule has 0 bridgehead atoms. The summed E-state index contributed by atoms with van der Waals surface area (Å²) in [4.78, 5) is 4.43. The minimum Gasteiger partial charge on any atom is -0.305 e. The number of rotatable bonds is 3. The Hall–Kier alpha value is -1.15. The third-order valence-corrected chi connectivity index (χ3v) is 2.61. The molecule has 0 spiro atoms. The summed E-state index contributed by atoms with van der Waals surface area (Å²) in [7, 11) is 0. The minimum atomic E-state index is 0.433. The zero-order chi connectivity index (χ0) is 9.97. The molecular formula is C12H16N2. The van der Waals surface area contributed by atoms with Gasteiger partial charge >= 0.3 is 0 Å². The van der Waals surface area contributed by atoms with Gasteiger partial charge < -0.3 is 5.32 Å². The van der Waals surface area contributed by atoms with Crippen LogP contribution in [0.4, 0.5) is 0 Å². The standard InChI is InChI=1S/C12H16N2/c1-9(2)8-14-11-6-5-10-4-3-7-13-12(10)11/h3-4,7,11,14H,1,5-6,8H2,2H3. The average Bonchev–Trinajstić information content (AvgIpc) is 2.58. The molecule has 1 atom stereocenters. The summed E-state index contributed by atoms with van der Waals surface area (Å²) in [6, 6.07) is 4.62. The Bertz CT molecular complexity index is 344. The highest BCUT2D eigenvalue weighted by Gasteiger charge is 2.22. The van der Waals surface area contributed by atoms with Crippen LogP contribution < -0.4 is 5.32 Å². The number of pyridine rings is 1. The van der Waals surface area contributed by atoms with Gasteiger partial charge in [-0.15, -0.1) is 0 Å². The first-order chi connectivity index (χ1) is 6.77. The van der Waals surface area contributed by atoms with Crippen LogP contribution in [0.5, 0.6) is 0 Å². The van der Waals surface area contributed by atoms with E-state index in [9.17, 15) is 0 Å². The molecule has 1 unspecified atom stereocenters. The summed E-state index contributed by atoms with van der Waals surface area (Å²) in [5, 5.41) is 3.48. The van der Waals surface area contributed by atoms with Gasteiger partial charge in [0.1, 0.15) is 0 Å². The van der Waals surface area contributed by atoms with E-state index in [1.807, 2.05) is 19.2 Å². The maximum Gasteiger partial charge on any atom is 0.0605 e. The second kappa shape index (κ2) is 3.93. The largest absolute Gasteiger partial charge is 0.305 e. The molecule has 2 heteroatoms. The highest BCUT2D eigenvalue weighted by molar-refractivity contribution is 5.28. The molecule has 74 valence electrons. The van der Waals surface area contributed by atoms with Crippen molar-refractivity contribution in [3.05, 3.63) is 41.7 Å². The van der Waals surface area contributed by atoms with Crippen molar-refractivity contribution < 1.29 is 0 Å². The molecule has 1 aliphatic carbocycles. The SMILES string of the molecule is C=C(C)CNC1CCc2cccnc21. The molecule has 0 amide bonds. The lowest BCUT2D eigenvalue weighted by Gasteiger charge is -2.12. The van der Waals surface area contributed by atoms with Crippen LogP contribution in [0.15, 0.2) is 30.5 Å². The highest BCUT2D eigenvalue weighted by Crippen LogP contribution is 2.28. The number of aryl methyl sites for hydroxylation is 1. The molecule has 0 radical (unpaired) electrons. The van der Waals surface area contributed by atoms with Crippen molar-refractivity contribution in [2.45, 2.75) is 25.8 Å². The molecule has 2 nitrogen and oxygen atoms in total. The first-order valence-corrected chi connectivity index (χ1v) is 5.09. The Morgan fingerprint density at radius 2 is 2.57 bits per heavy atom. The molecule has 0 aliphatic heterocycles. The number of fused-ring (bicyclic) bond motifs is 1. The minimum absolute atomic E-state index is 0.433. The molecule has 0 saturated carbocycles. The lowest BCUT2D eigenvalue weighted by molar-refractivity contribution is 0.546. The van der Waals surface area contributed by atoms with E-state index in [1.165, 1.54) is 23.3 Å². The smallest absolute Gasteiger partial charge is 0.0605 e. The molecule has 1 aliphatic rings. The molecule has 1 N–H and O–H groups in total. The van der Waals surface area contributed by atoms with E-state index in [4.69, 9.17) is 0 Å². The molecule has 2 rings (SSSR count). The number of nitrogens with zero attached hydrogens (tertiary/aromatic N) is 1. The summed E-state index contributed by atoms with van der Waals surface area (Å²) in [5.41, 5.74) is 3.80. The first kappa shape index (κ1) is 9.41. The van der Waals surface area contributed by atoms with Crippen LogP contribution >= 0.6 is 0 Å². The summed E-state index contributed by atoms with van der Waals surface area (Å²) in [6.07, 6.45) is 4.19. The molecule has 14 heavy (non-hydrogen) atoms. The molecule has 1 aromatic rings. The van der Waals surface area contributed by atoms with Crippen molar-refractivity contribution in [1.29, 1.82) is 0 Å². The Morgan fingerprint density at radius 3 is 3.36 bits per heavy atom. The number of hydrogen-bond donors (Lipinski definition) is 1. The Kier molecular flexibility index (Phi) is 2.64. The maximum atomic E-state index is 4.43. The van der Waals surface area contributed by atoms with Gasteiger partial charge in [0.25, 0.3) is 0 Å². The van der Waals surface area contributed by atoms with Gasteiger partial charge in [0.2, 0.25) is 0 Å². The van der Waals surface area contributed by atoms with Crippen molar-refractivity contribution in [2.75, 3.05) is 6.54 Å². The number of hydrogen-bond acceptors (Lipinski definition) is 2. The van der Waals surface area contributed by atoms with E-state index < -0.39 is 0 Å². The normalized spacial score (nSPS) is 19.4. The summed E-state index contributed by atoms with van der Waals surface area (Å²) in [5.74, 6) is 0. The van der Waals surface area contributed by atoms with Gasteiger partial charge in [-0.2, -0.15) is 0 Å². The Labute approximate surface area is 85.1 Å². The van der Waals surface area contributed by atoms with Gasteiger partial charge in [-0.3, -0.25) is 4.98 Å². The van der Waals surface area contributed by atoms with Crippen LogP contribution in [0.1, 0.15) is 30.6 Å². The molecular weight excluding hydrogens is 172 g/mol. The van der Waals surface area contributed by atoms with E-state index in [2.05, 4.69) is 22.9 Å².